The highest BCUT2D eigenvalue weighted by Gasteiger charge is 2.32. The number of aromatic nitrogens is 1. The zero-order chi connectivity index (χ0) is 22.5. The van der Waals surface area contributed by atoms with Crippen LogP contribution in [0.15, 0.2) is 48.8 Å². The number of nitrogens with zero attached hydrogens (tertiary/aromatic N) is 4. The van der Waals surface area contributed by atoms with Crippen LogP contribution in [0.3, 0.4) is 0 Å². The molecule has 2 aliphatic rings. The van der Waals surface area contributed by atoms with Gasteiger partial charge in [-0.3, -0.25) is 9.78 Å². The number of amides is 3. The summed E-state index contributed by atoms with van der Waals surface area (Å²) in [7, 11) is 3.94. The van der Waals surface area contributed by atoms with Gasteiger partial charge in [0.25, 0.3) is 0 Å². The van der Waals surface area contributed by atoms with Gasteiger partial charge in [0.1, 0.15) is 11.9 Å². The van der Waals surface area contributed by atoms with Crippen LogP contribution in [-0.2, 0) is 4.79 Å². The first-order chi connectivity index (χ1) is 15.5. The van der Waals surface area contributed by atoms with Crippen LogP contribution in [0, 0.1) is 0 Å². The van der Waals surface area contributed by atoms with Crippen LogP contribution < -0.4 is 10.1 Å². The Labute approximate surface area is 189 Å². The zero-order valence-electron chi connectivity index (χ0n) is 18.7. The molecule has 0 saturated carbocycles. The first-order valence-electron chi connectivity index (χ1n) is 11.1. The minimum absolute atomic E-state index is 0.00393. The van der Waals surface area contributed by atoms with Gasteiger partial charge in [0, 0.05) is 63.0 Å². The highest BCUT2D eigenvalue weighted by Crippen LogP contribution is 2.27. The molecule has 2 aromatic rings. The van der Waals surface area contributed by atoms with E-state index in [1.54, 1.807) is 11.1 Å². The third-order valence-electron chi connectivity index (χ3n) is 6.00. The molecule has 0 unspecified atom stereocenters. The number of nitrogens with one attached hydrogen (secondary N) is 1. The van der Waals surface area contributed by atoms with Crippen molar-refractivity contribution in [3.8, 4) is 5.75 Å². The van der Waals surface area contributed by atoms with Crippen LogP contribution in [0.5, 0.6) is 5.75 Å². The molecule has 0 spiro atoms. The second kappa shape index (κ2) is 9.99. The second-order valence-corrected chi connectivity index (χ2v) is 8.76. The lowest BCUT2D eigenvalue weighted by atomic mass is 9.93. The summed E-state index contributed by atoms with van der Waals surface area (Å²) in [4.78, 5) is 34.6. The topological polar surface area (TPSA) is 78.0 Å². The van der Waals surface area contributed by atoms with Crippen molar-refractivity contribution in [1.29, 1.82) is 0 Å². The summed E-state index contributed by atoms with van der Waals surface area (Å²) in [6.07, 6.45) is 4.99. The number of likely N-dealkylation sites (tertiary alicyclic amines) is 2. The molecule has 0 aliphatic carbocycles. The molecule has 1 N–H and O–H groups in total. The first kappa shape index (κ1) is 22.1. The van der Waals surface area contributed by atoms with Crippen molar-refractivity contribution in [2.24, 2.45) is 0 Å². The molecule has 2 fully saturated rings. The Morgan fingerprint density at radius 2 is 1.91 bits per heavy atom. The quantitative estimate of drug-likeness (QED) is 0.721. The first-order valence-corrected chi connectivity index (χ1v) is 11.1. The summed E-state index contributed by atoms with van der Waals surface area (Å²) in [5, 5.41) is 2.94. The predicted octanol–water partition coefficient (Wildman–Crippen LogP) is 2.64. The maximum atomic E-state index is 12.5. The van der Waals surface area contributed by atoms with Crippen LogP contribution >= 0.6 is 0 Å². The van der Waals surface area contributed by atoms with Gasteiger partial charge in [-0.15, -0.1) is 0 Å². The van der Waals surface area contributed by atoms with Crippen LogP contribution in [-0.4, -0.2) is 84.5 Å². The molecule has 3 amide bonds. The van der Waals surface area contributed by atoms with E-state index >= 15 is 0 Å². The van der Waals surface area contributed by atoms with Crippen LogP contribution in [0.25, 0.3) is 0 Å². The Balaban J connectivity index is 1.20. The summed E-state index contributed by atoms with van der Waals surface area (Å²) in [6, 6.07) is 11.3. The van der Waals surface area contributed by atoms with Gasteiger partial charge in [0.2, 0.25) is 5.91 Å². The molecular formula is C24H31N5O3. The number of pyridine rings is 1. The Morgan fingerprint density at radius 1 is 1.12 bits per heavy atom. The second-order valence-electron chi connectivity index (χ2n) is 8.76. The molecule has 8 nitrogen and oxygen atoms in total. The normalized spacial score (nSPS) is 18.5. The van der Waals surface area contributed by atoms with Crippen molar-refractivity contribution in [1.82, 2.24) is 19.7 Å². The molecule has 2 saturated heterocycles. The standard InChI is InChI=1S/C24H31N5O3/c1-27(2)12-10-23(30)28-13-9-22(17-28)32-21-7-5-20(6-8-21)26-24(31)29-15-19(16-29)18-4-3-11-25-14-18/h3-8,11,14,19,22H,9-10,12-13,15-17H2,1-2H3,(H,26,31)/t22-/m1/s1. The highest BCUT2D eigenvalue weighted by atomic mass is 16.5. The largest absolute Gasteiger partial charge is 0.489 e. The SMILES string of the molecule is CN(C)CCC(=O)N1CC[C@@H](Oc2ccc(NC(=O)N3CC(c4cccnc4)C3)cc2)C1. The van der Waals surface area contributed by atoms with Gasteiger partial charge < -0.3 is 24.8 Å². The third-order valence-corrected chi connectivity index (χ3v) is 6.00. The number of rotatable bonds is 7. The minimum Gasteiger partial charge on any atom is -0.489 e. The summed E-state index contributed by atoms with van der Waals surface area (Å²) in [6.45, 7) is 3.52. The average Bonchev–Trinajstić information content (AvgIpc) is 3.22. The number of hydrogen-bond donors (Lipinski definition) is 1. The van der Waals surface area contributed by atoms with Gasteiger partial charge in [-0.25, -0.2) is 4.79 Å². The van der Waals surface area contributed by atoms with Crippen molar-refractivity contribution in [3.05, 3.63) is 54.4 Å². The van der Waals surface area contributed by atoms with E-state index in [1.165, 1.54) is 5.56 Å². The predicted molar refractivity (Wildman–Crippen MR) is 123 cm³/mol. The molecular weight excluding hydrogens is 406 g/mol. The fourth-order valence-corrected chi connectivity index (χ4v) is 4.01. The lowest BCUT2D eigenvalue weighted by Gasteiger charge is -2.39. The Morgan fingerprint density at radius 3 is 2.59 bits per heavy atom. The number of ether oxygens (including phenoxy) is 1. The third kappa shape index (κ3) is 5.56. The maximum absolute atomic E-state index is 12.5. The highest BCUT2D eigenvalue weighted by molar-refractivity contribution is 5.90. The molecule has 0 bridgehead atoms. The van der Waals surface area contributed by atoms with Gasteiger partial charge >= 0.3 is 6.03 Å². The van der Waals surface area contributed by atoms with Crippen LogP contribution in [0.1, 0.15) is 24.3 Å². The molecule has 1 aromatic heterocycles. The van der Waals surface area contributed by atoms with Crippen LogP contribution in [0.2, 0.25) is 0 Å². The van der Waals surface area contributed by atoms with Crippen molar-refractivity contribution >= 4 is 17.6 Å². The van der Waals surface area contributed by atoms with E-state index < -0.39 is 0 Å². The molecule has 8 heteroatoms. The molecule has 1 atom stereocenters. The average molecular weight is 438 g/mol. The Kier molecular flexibility index (Phi) is 6.90. The van der Waals surface area contributed by atoms with Crippen LogP contribution in [0.4, 0.5) is 10.5 Å². The van der Waals surface area contributed by atoms with Gasteiger partial charge in [0.15, 0.2) is 0 Å². The van der Waals surface area contributed by atoms with Gasteiger partial charge in [-0.1, -0.05) is 6.07 Å². The molecule has 2 aliphatic heterocycles. The van der Waals surface area contributed by atoms with Gasteiger partial charge in [-0.2, -0.15) is 0 Å². The lowest BCUT2D eigenvalue weighted by molar-refractivity contribution is -0.130. The number of carbonyl (C=O) groups is 2. The van der Waals surface area contributed by atoms with E-state index in [1.807, 2.05) is 60.4 Å². The van der Waals surface area contributed by atoms with Crippen molar-refractivity contribution < 1.29 is 14.3 Å². The Bertz CT molecular complexity index is 913. The number of anilines is 1. The number of urea groups is 1. The van der Waals surface area contributed by atoms with E-state index in [2.05, 4.69) is 16.4 Å². The summed E-state index contributed by atoms with van der Waals surface area (Å²) in [5.41, 5.74) is 1.90. The number of hydrogen-bond acceptors (Lipinski definition) is 5. The smallest absolute Gasteiger partial charge is 0.321 e. The maximum Gasteiger partial charge on any atom is 0.321 e. The Hall–Kier alpha value is -3.13. The molecule has 1 aromatic carbocycles. The van der Waals surface area contributed by atoms with Crippen molar-refractivity contribution in [2.75, 3.05) is 52.1 Å². The van der Waals surface area contributed by atoms with E-state index in [-0.39, 0.29) is 18.0 Å². The van der Waals surface area contributed by atoms with E-state index in [9.17, 15) is 9.59 Å². The van der Waals surface area contributed by atoms with Crippen molar-refractivity contribution in [3.63, 3.8) is 0 Å². The van der Waals surface area contributed by atoms with E-state index in [0.717, 1.165) is 30.9 Å². The lowest BCUT2D eigenvalue weighted by Crippen LogP contribution is -2.50. The molecule has 4 rings (SSSR count). The van der Waals surface area contributed by atoms with Gasteiger partial charge in [0.05, 0.1) is 6.54 Å². The number of benzene rings is 1. The van der Waals surface area contributed by atoms with Gasteiger partial charge in [-0.05, 0) is 50.0 Å². The monoisotopic (exact) mass is 437 g/mol. The molecule has 32 heavy (non-hydrogen) atoms. The summed E-state index contributed by atoms with van der Waals surface area (Å²) in [5.74, 6) is 1.28. The van der Waals surface area contributed by atoms with E-state index in [4.69, 9.17) is 4.74 Å². The van der Waals surface area contributed by atoms with E-state index in [0.29, 0.717) is 32.0 Å². The minimum atomic E-state index is -0.0959. The summed E-state index contributed by atoms with van der Waals surface area (Å²) < 4.78 is 6.05. The fourth-order valence-electron chi connectivity index (χ4n) is 4.01. The zero-order valence-corrected chi connectivity index (χ0v) is 18.7. The molecule has 170 valence electrons. The number of carbonyl (C=O) groups excluding carboxylic acids is 2. The molecule has 0 radical (unpaired) electrons. The van der Waals surface area contributed by atoms with Crippen molar-refractivity contribution in [2.45, 2.75) is 24.9 Å². The fraction of sp³-hybridized carbons (Fsp3) is 0.458. The molecule has 3 heterocycles. The summed E-state index contributed by atoms with van der Waals surface area (Å²) >= 11 is 0.